The Morgan fingerprint density at radius 2 is 1.74 bits per heavy atom. The van der Waals surface area contributed by atoms with Crippen LogP contribution in [0.25, 0.3) is 0 Å². The number of ether oxygens (including phenoxy) is 4. The van der Waals surface area contributed by atoms with E-state index in [4.69, 9.17) is 24.1 Å². The first-order valence-corrected chi connectivity index (χ1v) is 10.3. The zero-order chi connectivity index (χ0) is 23.4. The first-order chi connectivity index (χ1) is 14.5. The summed E-state index contributed by atoms with van der Waals surface area (Å²) in [6.07, 6.45) is 1.74. The van der Waals surface area contributed by atoms with E-state index in [0.717, 1.165) is 11.1 Å². The molecule has 0 radical (unpaired) electrons. The van der Waals surface area contributed by atoms with Gasteiger partial charge in [0.25, 0.3) is 0 Å². The molecule has 8 heteroatoms. The molecule has 1 aromatic carbocycles. The molecule has 1 aromatic rings. The molecule has 0 heterocycles. The maximum atomic E-state index is 12.0. The minimum absolute atomic E-state index is 0.243. The quantitative estimate of drug-likeness (QED) is 0.356. The van der Waals surface area contributed by atoms with Crippen LogP contribution in [0, 0.1) is 13.8 Å². The van der Waals surface area contributed by atoms with Crippen LogP contribution in [0.3, 0.4) is 0 Å². The Hall–Kier alpha value is -2.58. The van der Waals surface area contributed by atoms with Crippen LogP contribution in [0.5, 0.6) is 5.75 Å². The molecule has 0 saturated carbocycles. The van der Waals surface area contributed by atoms with E-state index in [-0.39, 0.29) is 24.8 Å². The predicted molar refractivity (Wildman–Crippen MR) is 118 cm³/mol. The van der Waals surface area contributed by atoms with Gasteiger partial charge in [-0.15, -0.1) is 6.58 Å². The summed E-state index contributed by atoms with van der Waals surface area (Å²) in [5.41, 5.74) is 1.21. The number of benzene rings is 1. The van der Waals surface area contributed by atoms with Gasteiger partial charge in [-0.25, -0.2) is 9.59 Å². The number of amides is 1. The lowest BCUT2D eigenvalue weighted by Gasteiger charge is -2.23. The van der Waals surface area contributed by atoms with Crippen LogP contribution in [-0.2, 0) is 14.2 Å². The molecule has 0 unspecified atom stereocenters. The minimum atomic E-state index is -0.960. The molecule has 0 bridgehead atoms. The van der Waals surface area contributed by atoms with Gasteiger partial charge in [-0.05, 0) is 57.9 Å². The van der Waals surface area contributed by atoms with Gasteiger partial charge in [-0.3, -0.25) is 0 Å². The van der Waals surface area contributed by atoms with Crippen molar-refractivity contribution in [3.63, 3.8) is 0 Å². The third kappa shape index (κ3) is 10.8. The number of carboxylic acid groups (broad SMARTS) is 1. The van der Waals surface area contributed by atoms with Crippen molar-refractivity contribution in [2.75, 3.05) is 33.0 Å². The highest BCUT2D eigenvalue weighted by molar-refractivity contribution is 5.88. The first kappa shape index (κ1) is 26.5. The van der Waals surface area contributed by atoms with Crippen molar-refractivity contribution in [1.82, 2.24) is 5.32 Å². The zero-order valence-electron chi connectivity index (χ0n) is 19.2. The number of rotatable bonds is 13. The number of hydrogen-bond donors (Lipinski definition) is 2. The van der Waals surface area contributed by atoms with Crippen molar-refractivity contribution in [3.8, 4) is 5.75 Å². The van der Waals surface area contributed by atoms with Gasteiger partial charge < -0.3 is 29.4 Å². The third-order valence-electron chi connectivity index (χ3n) is 3.98. The molecule has 0 spiro atoms. The summed E-state index contributed by atoms with van der Waals surface area (Å²) in [7, 11) is 0. The van der Waals surface area contributed by atoms with Crippen molar-refractivity contribution < 1.29 is 33.6 Å². The fourth-order valence-corrected chi connectivity index (χ4v) is 2.76. The maximum absolute atomic E-state index is 12.0. The molecule has 0 aromatic heterocycles. The van der Waals surface area contributed by atoms with E-state index in [1.165, 1.54) is 0 Å². The lowest BCUT2D eigenvalue weighted by Crippen LogP contribution is -2.44. The summed E-state index contributed by atoms with van der Waals surface area (Å²) in [6, 6.07) is 2.83. The average molecular weight is 438 g/mol. The number of nitrogens with one attached hydrogen (secondary N) is 1. The second-order valence-electron chi connectivity index (χ2n) is 8.19. The highest BCUT2D eigenvalue weighted by atomic mass is 16.6. The first-order valence-electron chi connectivity index (χ1n) is 10.3. The highest BCUT2D eigenvalue weighted by Gasteiger charge is 2.20. The van der Waals surface area contributed by atoms with E-state index in [0.29, 0.717) is 32.0 Å². The van der Waals surface area contributed by atoms with Crippen molar-refractivity contribution in [2.45, 2.75) is 52.7 Å². The largest absolute Gasteiger partial charge is 0.493 e. The number of aryl methyl sites for hydroxylation is 2. The summed E-state index contributed by atoms with van der Waals surface area (Å²) >= 11 is 0. The molecule has 0 aliphatic heterocycles. The molecule has 2 N–H and O–H groups in total. The molecule has 8 nitrogen and oxygen atoms in total. The fourth-order valence-electron chi connectivity index (χ4n) is 2.76. The van der Waals surface area contributed by atoms with Gasteiger partial charge in [-0.1, -0.05) is 6.08 Å². The molecular weight excluding hydrogens is 402 g/mol. The van der Waals surface area contributed by atoms with E-state index >= 15 is 0 Å². The standard InChI is InChI=1S/C23H35NO7/c1-7-9-28-14-19(24-22(27)31-23(4,5)6)15-29-10-8-11-30-20-16(2)12-18(21(25)26)13-17(20)3/h7,12-13,19H,1,8-11,14-15H2,2-6H3,(H,24,27)(H,25,26)/t19-/m1/s1. The number of carboxylic acids is 1. The number of hydrogen-bond acceptors (Lipinski definition) is 6. The van der Waals surface area contributed by atoms with Crippen LogP contribution < -0.4 is 10.1 Å². The Bertz CT molecular complexity index is 717. The molecule has 0 aliphatic rings. The van der Waals surface area contributed by atoms with E-state index in [2.05, 4.69) is 11.9 Å². The van der Waals surface area contributed by atoms with Gasteiger partial charge in [0.1, 0.15) is 11.4 Å². The second kappa shape index (κ2) is 13.0. The normalized spacial score (nSPS) is 12.2. The second-order valence-corrected chi connectivity index (χ2v) is 8.19. The van der Waals surface area contributed by atoms with Crippen molar-refractivity contribution in [3.05, 3.63) is 41.5 Å². The van der Waals surface area contributed by atoms with E-state index in [1.54, 1.807) is 39.0 Å². The van der Waals surface area contributed by atoms with Crippen molar-refractivity contribution in [2.24, 2.45) is 0 Å². The number of carbonyl (C=O) groups excluding carboxylic acids is 1. The minimum Gasteiger partial charge on any atom is -0.493 e. The monoisotopic (exact) mass is 437 g/mol. The van der Waals surface area contributed by atoms with Crippen molar-refractivity contribution >= 4 is 12.1 Å². The summed E-state index contributed by atoms with van der Waals surface area (Å²) in [5, 5.41) is 11.9. The van der Waals surface area contributed by atoms with Gasteiger partial charge in [0.2, 0.25) is 0 Å². The smallest absolute Gasteiger partial charge is 0.408 e. The Kier molecular flexibility index (Phi) is 11.1. The van der Waals surface area contributed by atoms with Gasteiger partial charge >= 0.3 is 12.1 Å². The van der Waals surface area contributed by atoms with Gasteiger partial charge in [0.15, 0.2) is 0 Å². The van der Waals surface area contributed by atoms with Crippen LogP contribution >= 0.6 is 0 Å². The maximum Gasteiger partial charge on any atom is 0.408 e. The molecule has 1 atom stereocenters. The zero-order valence-corrected chi connectivity index (χ0v) is 19.2. The van der Waals surface area contributed by atoms with Gasteiger partial charge in [-0.2, -0.15) is 0 Å². The predicted octanol–water partition coefficient (Wildman–Crippen LogP) is 3.88. The summed E-state index contributed by atoms with van der Waals surface area (Å²) < 4.78 is 22.2. The van der Waals surface area contributed by atoms with Crippen LogP contribution in [-0.4, -0.2) is 61.8 Å². The average Bonchev–Trinajstić information content (AvgIpc) is 2.64. The summed E-state index contributed by atoms with van der Waals surface area (Å²) in [4.78, 5) is 23.1. The van der Waals surface area contributed by atoms with Gasteiger partial charge in [0, 0.05) is 13.0 Å². The third-order valence-corrected chi connectivity index (χ3v) is 3.98. The molecule has 1 amide bonds. The lowest BCUT2D eigenvalue weighted by molar-refractivity contribution is 0.0306. The molecule has 1 rings (SSSR count). The number of alkyl carbamates (subject to hydrolysis) is 1. The van der Waals surface area contributed by atoms with Crippen LogP contribution in [0.4, 0.5) is 4.79 Å². The lowest BCUT2D eigenvalue weighted by atomic mass is 10.1. The number of carbonyl (C=O) groups is 2. The van der Waals surface area contributed by atoms with Crippen molar-refractivity contribution in [1.29, 1.82) is 0 Å². The molecule has 31 heavy (non-hydrogen) atoms. The Morgan fingerprint density at radius 1 is 1.13 bits per heavy atom. The van der Waals surface area contributed by atoms with E-state index < -0.39 is 17.7 Å². The fraction of sp³-hybridized carbons (Fsp3) is 0.565. The summed E-state index contributed by atoms with van der Waals surface area (Å²) in [6.45, 7) is 14.4. The molecule has 0 saturated heterocycles. The SMILES string of the molecule is C=CCOC[C@H](COCCCOc1c(C)cc(C(=O)O)cc1C)NC(=O)OC(C)(C)C. The Morgan fingerprint density at radius 3 is 2.29 bits per heavy atom. The molecule has 0 aliphatic carbocycles. The topological polar surface area (TPSA) is 103 Å². The molecule has 174 valence electrons. The van der Waals surface area contributed by atoms with Crippen LogP contribution in [0.1, 0.15) is 48.7 Å². The van der Waals surface area contributed by atoms with E-state index in [1.807, 2.05) is 13.8 Å². The Labute approximate surface area is 184 Å². The highest BCUT2D eigenvalue weighted by Crippen LogP contribution is 2.25. The van der Waals surface area contributed by atoms with E-state index in [9.17, 15) is 9.59 Å². The Balaban J connectivity index is 2.43. The number of aromatic carboxylic acids is 1. The van der Waals surface area contributed by atoms with Crippen LogP contribution in [0.15, 0.2) is 24.8 Å². The van der Waals surface area contributed by atoms with Crippen LogP contribution in [0.2, 0.25) is 0 Å². The molecular formula is C23H35NO7. The molecule has 0 fully saturated rings. The van der Waals surface area contributed by atoms with Gasteiger partial charge in [0.05, 0.1) is 38.0 Å². The summed E-state index contributed by atoms with van der Waals surface area (Å²) in [5.74, 6) is -0.273.